The molecule has 0 saturated heterocycles. The summed E-state index contributed by atoms with van der Waals surface area (Å²) in [5.74, 6) is 0.224. The number of nitrogens with zero attached hydrogens (tertiary/aromatic N) is 4. The lowest BCUT2D eigenvalue weighted by atomic mass is 10.3. The van der Waals surface area contributed by atoms with Gasteiger partial charge in [0, 0.05) is 18.8 Å². The van der Waals surface area contributed by atoms with E-state index in [1.165, 1.54) is 47.4 Å². The minimum Gasteiger partial charge on any atom is -0.406 e. The molecule has 0 atom stereocenters. The lowest BCUT2D eigenvalue weighted by Crippen LogP contribution is -2.16. The molecule has 3 aromatic rings. The number of ether oxygens (including phenoxy) is 1. The van der Waals surface area contributed by atoms with Crippen LogP contribution in [0.15, 0.2) is 34.7 Å². The first-order chi connectivity index (χ1) is 13.7. The molecule has 29 heavy (non-hydrogen) atoms. The van der Waals surface area contributed by atoms with Gasteiger partial charge in [-0.2, -0.15) is 5.10 Å². The molecule has 0 aliphatic carbocycles. The molecule has 8 nitrogen and oxygen atoms in total. The Kier molecular flexibility index (Phi) is 6.27. The highest BCUT2D eigenvalue weighted by molar-refractivity contribution is 8.01. The Labute approximate surface area is 171 Å². The molecular formula is C16H15F3N6O2S2. The van der Waals surface area contributed by atoms with Gasteiger partial charge >= 0.3 is 6.36 Å². The number of hydrogen-bond acceptors (Lipinski definition) is 8. The molecule has 0 aliphatic rings. The summed E-state index contributed by atoms with van der Waals surface area (Å²) >= 11 is 2.44. The second-order valence-corrected chi connectivity index (χ2v) is 7.90. The summed E-state index contributed by atoms with van der Waals surface area (Å²) in [6.07, 6.45) is -4.73. The van der Waals surface area contributed by atoms with Crippen molar-refractivity contribution >= 4 is 45.6 Å². The van der Waals surface area contributed by atoms with Crippen LogP contribution in [0.3, 0.4) is 0 Å². The minimum absolute atomic E-state index is 0.141. The van der Waals surface area contributed by atoms with E-state index in [1.54, 1.807) is 17.8 Å². The summed E-state index contributed by atoms with van der Waals surface area (Å²) in [6, 6.07) is 7.01. The van der Waals surface area contributed by atoms with Crippen LogP contribution in [-0.2, 0) is 11.8 Å². The molecule has 0 unspecified atom stereocenters. The first kappa shape index (κ1) is 20.9. The standard InChI is InChI=1S/C16H15F3N6O2S2/c1-9-7-12(25(2)24-9)21-13(26)8-28-15-23-22-14(29-15)20-10-3-5-11(6-4-10)27-16(17,18)19/h3-7H,8H2,1-2H3,(H,20,22)(H,21,26). The summed E-state index contributed by atoms with van der Waals surface area (Å²) in [6.45, 7) is 1.83. The Morgan fingerprint density at radius 2 is 2.00 bits per heavy atom. The third-order valence-corrected chi connectivity index (χ3v) is 5.31. The molecule has 1 amide bonds. The van der Waals surface area contributed by atoms with Crippen molar-refractivity contribution in [1.29, 1.82) is 0 Å². The number of carbonyl (C=O) groups excluding carboxylic acids is 1. The number of aryl methyl sites for hydroxylation is 2. The van der Waals surface area contributed by atoms with E-state index >= 15 is 0 Å². The van der Waals surface area contributed by atoms with E-state index in [4.69, 9.17) is 0 Å². The van der Waals surface area contributed by atoms with Gasteiger partial charge in [0.15, 0.2) is 4.34 Å². The zero-order valence-corrected chi connectivity index (χ0v) is 16.8. The molecule has 0 radical (unpaired) electrons. The predicted molar refractivity (Wildman–Crippen MR) is 104 cm³/mol. The monoisotopic (exact) mass is 444 g/mol. The van der Waals surface area contributed by atoms with Gasteiger partial charge in [-0.25, -0.2) is 0 Å². The number of alkyl halides is 3. The SMILES string of the molecule is Cc1cc(NC(=O)CSc2nnc(Nc3ccc(OC(F)(F)F)cc3)s2)n(C)n1. The Hall–Kier alpha value is -2.80. The van der Waals surface area contributed by atoms with Crippen LogP contribution in [0, 0.1) is 6.92 Å². The number of rotatable bonds is 7. The fraction of sp³-hybridized carbons (Fsp3) is 0.250. The van der Waals surface area contributed by atoms with Crippen LogP contribution in [0.1, 0.15) is 5.69 Å². The third kappa shape index (κ3) is 6.35. The second-order valence-electron chi connectivity index (χ2n) is 5.70. The highest BCUT2D eigenvalue weighted by Gasteiger charge is 2.30. The van der Waals surface area contributed by atoms with Gasteiger partial charge in [0.1, 0.15) is 11.6 Å². The quantitative estimate of drug-likeness (QED) is 0.533. The molecule has 2 aromatic heterocycles. The van der Waals surface area contributed by atoms with E-state index < -0.39 is 6.36 Å². The van der Waals surface area contributed by atoms with Crippen LogP contribution in [0.25, 0.3) is 0 Å². The summed E-state index contributed by atoms with van der Waals surface area (Å²) < 4.78 is 42.5. The number of amides is 1. The number of hydrogen-bond donors (Lipinski definition) is 2. The molecule has 0 aliphatic heterocycles. The zero-order chi connectivity index (χ0) is 21.0. The molecule has 2 heterocycles. The van der Waals surface area contributed by atoms with E-state index in [0.29, 0.717) is 21.0 Å². The van der Waals surface area contributed by atoms with E-state index in [0.717, 1.165) is 5.69 Å². The number of aromatic nitrogens is 4. The van der Waals surface area contributed by atoms with Crippen molar-refractivity contribution in [1.82, 2.24) is 20.0 Å². The van der Waals surface area contributed by atoms with Crippen molar-refractivity contribution in [3.63, 3.8) is 0 Å². The Morgan fingerprint density at radius 3 is 2.62 bits per heavy atom. The summed E-state index contributed by atoms with van der Waals surface area (Å²) in [5, 5.41) is 18.2. The molecule has 0 saturated carbocycles. The first-order valence-electron chi connectivity index (χ1n) is 8.07. The van der Waals surface area contributed by atoms with Gasteiger partial charge in [-0.3, -0.25) is 9.48 Å². The predicted octanol–water partition coefficient (Wildman–Crippen LogP) is 3.95. The van der Waals surface area contributed by atoms with Crippen molar-refractivity contribution in [3.05, 3.63) is 36.0 Å². The number of halogens is 3. The van der Waals surface area contributed by atoms with E-state index in [2.05, 4.69) is 30.7 Å². The third-order valence-electron chi connectivity index (χ3n) is 3.34. The number of nitrogens with one attached hydrogen (secondary N) is 2. The molecule has 0 fully saturated rings. The average molecular weight is 444 g/mol. The van der Waals surface area contributed by atoms with Crippen LogP contribution in [0.5, 0.6) is 5.75 Å². The van der Waals surface area contributed by atoms with Crippen molar-refractivity contribution in [2.24, 2.45) is 7.05 Å². The van der Waals surface area contributed by atoms with Crippen molar-refractivity contribution in [2.45, 2.75) is 17.6 Å². The molecule has 0 spiro atoms. The molecule has 1 aromatic carbocycles. The van der Waals surface area contributed by atoms with Crippen LogP contribution in [-0.4, -0.2) is 38.0 Å². The number of anilines is 3. The summed E-state index contributed by atoms with van der Waals surface area (Å²) in [7, 11) is 1.74. The normalized spacial score (nSPS) is 11.3. The summed E-state index contributed by atoms with van der Waals surface area (Å²) in [5.41, 5.74) is 1.32. The molecule has 2 N–H and O–H groups in total. The smallest absolute Gasteiger partial charge is 0.406 e. The van der Waals surface area contributed by atoms with Crippen molar-refractivity contribution in [2.75, 3.05) is 16.4 Å². The Balaban J connectivity index is 1.50. The number of benzene rings is 1. The van der Waals surface area contributed by atoms with E-state index in [-0.39, 0.29) is 17.4 Å². The van der Waals surface area contributed by atoms with Crippen LogP contribution >= 0.6 is 23.1 Å². The van der Waals surface area contributed by atoms with E-state index in [9.17, 15) is 18.0 Å². The fourth-order valence-corrected chi connectivity index (χ4v) is 3.79. The van der Waals surface area contributed by atoms with Crippen LogP contribution < -0.4 is 15.4 Å². The van der Waals surface area contributed by atoms with Crippen LogP contribution in [0.2, 0.25) is 0 Å². The lowest BCUT2D eigenvalue weighted by Gasteiger charge is -2.09. The number of carbonyl (C=O) groups is 1. The largest absolute Gasteiger partial charge is 0.573 e. The van der Waals surface area contributed by atoms with Gasteiger partial charge in [0.2, 0.25) is 11.0 Å². The zero-order valence-electron chi connectivity index (χ0n) is 15.1. The Bertz CT molecular complexity index is 987. The maximum Gasteiger partial charge on any atom is 0.573 e. The maximum atomic E-state index is 12.2. The maximum absolute atomic E-state index is 12.2. The molecule has 13 heteroatoms. The molecule has 3 rings (SSSR count). The second kappa shape index (κ2) is 8.69. The van der Waals surface area contributed by atoms with Crippen LogP contribution in [0.4, 0.5) is 29.8 Å². The number of thioether (sulfide) groups is 1. The lowest BCUT2D eigenvalue weighted by molar-refractivity contribution is -0.274. The topological polar surface area (TPSA) is 94.0 Å². The molecule has 0 bridgehead atoms. The Morgan fingerprint density at radius 1 is 1.28 bits per heavy atom. The first-order valence-corrected chi connectivity index (χ1v) is 9.88. The fourth-order valence-electron chi connectivity index (χ4n) is 2.22. The van der Waals surface area contributed by atoms with Gasteiger partial charge in [0.25, 0.3) is 0 Å². The van der Waals surface area contributed by atoms with Gasteiger partial charge in [-0.1, -0.05) is 23.1 Å². The van der Waals surface area contributed by atoms with Crippen molar-refractivity contribution in [3.8, 4) is 5.75 Å². The summed E-state index contributed by atoms with van der Waals surface area (Å²) in [4.78, 5) is 12.1. The van der Waals surface area contributed by atoms with E-state index in [1.807, 2.05) is 6.92 Å². The minimum atomic E-state index is -4.73. The highest BCUT2D eigenvalue weighted by atomic mass is 32.2. The van der Waals surface area contributed by atoms with Crippen molar-refractivity contribution < 1.29 is 22.7 Å². The average Bonchev–Trinajstić information content (AvgIpc) is 3.19. The van der Waals surface area contributed by atoms with Gasteiger partial charge in [-0.05, 0) is 31.2 Å². The highest BCUT2D eigenvalue weighted by Crippen LogP contribution is 2.29. The van der Waals surface area contributed by atoms with Gasteiger partial charge < -0.3 is 15.4 Å². The molecule has 154 valence electrons. The molecular weight excluding hydrogens is 429 g/mol. The van der Waals surface area contributed by atoms with Gasteiger partial charge in [-0.15, -0.1) is 23.4 Å². The van der Waals surface area contributed by atoms with Gasteiger partial charge in [0.05, 0.1) is 11.4 Å².